The minimum atomic E-state index is -1.13. The fraction of sp³-hybridized carbons (Fsp3) is 0.323. The number of methoxy groups -OCH3 is 2. The summed E-state index contributed by atoms with van der Waals surface area (Å²) in [7, 11) is 3.19. The zero-order valence-corrected chi connectivity index (χ0v) is 23.5. The van der Waals surface area contributed by atoms with Crippen LogP contribution in [0.15, 0.2) is 93.2 Å². The van der Waals surface area contributed by atoms with E-state index in [2.05, 4.69) is 0 Å². The van der Waals surface area contributed by atoms with Gasteiger partial charge in [-0.05, 0) is 47.4 Å². The third-order valence-corrected chi connectivity index (χ3v) is 6.96. The summed E-state index contributed by atoms with van der Waals surface area (Å²) in [6, 6.07) is 24.7. The smallest absolute Gasteiger partial charge is 0.336 e. The predicted octanol–water partition coefficient (Wildman–Crippen LogP) is 2.60. The molecule has 10 heteroatoms. The van der Waals surface area contributed by atoms with E-state index < -0.39 is 29.3 Å². The highest BCUT2D eigenvalue weighted by atomic mass is 16.5. The molecule has 0 bridgehead atoms. The van der Waals surface area contributed by atoms with Crippen molar-refractivity contribution in [1.29, 1.82) is 0 Å². The average Bonchev–Trinajstić information content (AvgIpc) is 3.02. The maximum absolute atomic E-state index is 13.2. The van der Waals surface area contributed by atoms with E-state index in [4.69, 9.17) is 14.2 Å². The Morgan fingerprint density at radius 3 is 1.51 bits per heavy atom. The third-order valence-electron chi connectivity index (χ3n) is 6.96. The standard InChI is InChI=1S/C31H35N3O7/c1-4-18-32-28(36)33(19-21-35)30(38)34(29(32)37)20-22-41-31(23-8-6-5-7-9-23,24-10-14-26(39-2)15-11-24)25-12-16-27(40-3)17-13-25/h5-17,35H,4,18-22H2,1-3H3. The summed E-state index contributed by atoms with van der Waals surface area (Å²) in [5.41, 5.74) is -0.931. The van der Waals surface area contributed by atoms with Crippen molar-refractivity contribution in [3.8, 4) is 11.5 Å². The van der Waals surface area contributed by atoms with E-state index in [0.717, 1.165) is 30.4 Å². The van der Waals surface area contributed by atoms with Gasteiger partial charge >= 0.3 is 17.1 Å². The van der Waals surface area contributed by atoms with Gasteiger partial charge in [0.2, 0.25) is 0 Å². The molecule has 0 atom stereocenters. The van der Waals surface area contributed by atoms with Crippen LogP contribution in [0.2, 0.25) is 0 Å². The van der Waals surface area contributed by atoms with E-state index in [9.17, 15) is 19.5 Å². The van der Waals surface area contributed by atoms with Crippen LogP contribution in [0.4, 0.5) is 0 Å². The molecule has 0 saturated heterocycles. The summed E-state index contributed by atoms with van der Waals surface area (Å²) < 4.78 is 20.4. The van der Waals surface area contributed by atoms with Crippen molar-refractivity contribution in [3.05, 3.63) is 127 Å². The molecule has 1 N–H and O–H groups in total. The summed E-state index contributed by atoms with van der Waals surface area (Å²) in [5, 5.41) is 9.45. The van der Waals surface area contributed by atoms with Gasteiger partial charge in [-0.3, -0.25) is 0 Å². The van der Waals surface area contributed by atoms with E-state index >= 15 is 0 Å². The van der Waals surface area contributed by atoms with Crippen LogP contribution in [0.5, 0.6) is 11.5 Å². The van der Waals surface area contributed by atoms with Gasteiger partial charge in [-0.2, -0.15) is 0 Å². The maximum Gasteiger partial charge on any atom is 0.336 e. The Balaban J connectivity index is 1.85. The minimum absolute atomic E-state index is 0.0500. The normalized spacial score (nSPS) is 11.4. The van der Waals surface area contributed by atoms with Gasteiger partial charge in [0.1, 0.15) is 17.1 Å². The van der Waals surface area contributed by atoms with Crippen molar-refractivity contribution in [2.75, 3.05) is 27.4 Å². The van der Waals surface area contributed by atoms with Gasteiger partial charge in [0, 0.05) is 6.54 Å². The van der Waals surface area contributed by atoms with E-state index in [1.54, 1.807) is 14.2 Å². The second kappa shape index (κ2) is 13.3. The number of aliphatic hydroxyl groups excluding tert-OH is 1. The van der Waals surface area contributed by atoms with E-state index in [-0.39, 0.29) is 26.2 Å². The number of rotatable bonds is 13. The lowest BCUT2D eigenvalue weighted by Crippen LogP contribution is -2.55. The largest absolute Gasteiger partial charge is 0.497 e. The number of ether oxygens (including phenoxy) is 3. The summed E-state index contributed by atoms with van der Waals surface area (Å²) in [6.07, 6.45) is 0.523. The minimum Gasteiger partial charge on any atom is -0.497 e. The predicted molar refractivity (Wildman–Crippen MR) is 155 cm³/mol. The van der Waals surface area contributed by atoms with Crippen LogP contribution in [-0.2, 0) is 30.0 Å². The zero-order chi connectivity index (χ0) is 29.4. The van der Waals surface area contributed by atoms with Crippen LogP contribution in [0, 0.1) is 0 Å². The van der Waals surface area contributed by atoms with Crippen molar-refractivity contribution < 1.29 is 19.3 Å². The second-order valence-corrected chi connectivity index (χ2v) is 9.38. The molecule has 0 unspecified atom stereocenters. The molecule has 4 aromatic rings. The molecule has 0 amide bonds. The molecule has 4 rings (SSSR count). The summed E-state index contributed by atoms with van der Waals surface area (Å²) in [6.45, 7) is 1.18. The highest BCUT2D eigenvalue weighted by molar-refractivity contribution is 5.49. The lowest BCUT2D eigenvalue weighted by molar-refractivity contribution is 0.00695. The van der Waals surface area contributed by atoms with E-state index in [1.165, 1.54) is 0 Å². The molecule has 1 heterocycles. The number of nitrogens with zero attached hydrogens (tertiary/aromatic N) is 3. The molecule has 0 aliphatic carbocycles. The van der Waals surface area contributed by atoms with Gasteiger partial charge in [0.25, 0.3) is 0 Å². The van der Waals surface area contributed by atoms with Crippen molar-refractivity contribution >= 4 is 0 Å². The Hall–Kier alpha value is -4.41. The van der Waals surface area contributed by atoms with Crippen molar-refractivity contribution in [2.24, 2.45) is 0 Å². The van der Waals surface area contributed by atoms with Crippen LogP contribution in [0.25, 0.3) is 0 Å². The molecule has 0 fully saturated rings. The first-order valence-electron chi connectivity index (χ1n) is 13.4. The topological polar surface area (TPSA) is 114 Å². The van der Waals surface area contributed by atoms with Crippen molar-refractivity contribution in [2.45, 2.75) is 38.6 Å². The van der Waals surface area contributed by atoms with Gasteiger partial charge in [0.15, 0.2) is 0 Å². The van der Waals surface area contributed by atoms with Crippen LogP contribution in [-0.4, -0.2) is 46.2 Å². The monoisotopic (exact) mass is 561 g/mol. The number of hydrogen-bond acceptors (Lipinski definition) is 7. The van der Waals surface area contributed by atoms with Gasteiger partial charge in [-0.1, -0.05) is 61.5 Å². The average molecular weight is 562 g/mol. The highest BCUT2D eigenvalue weighted by Crippen LogP contribution is 2.41. The van der Waals surface area contributed by atoms with Crippen LogP contribution in [0.1, 0.15) is 30.0 Å². The van der Waals surface area contributed by atoms with Gasteiger partial charge in [0.05, 0.1) is 40.5 Å². The van der Waals surface area contributed by atoms with E-state index in [1.807, 2.05) is 85.8 Å². The molecule has 0 spiro atoms. The molecule has 0 saturated carbocycles. The third kappa shape index (κ3) is 5.89. The molecular weight excluding hydrogens is 526 g/mol. The number of aliphatic hydroxyl groups is 1. The Labute approximate surface area is 237 Å². The SMILES string of the molecule is CCCn1c(=O)n(CCO)c(=O)n(CCOC(c2ccccc2)(c2ccc(OC)cc2)c2ccc(OC)cc2)c1=O. The first kappa shape index (κ1) is 29.6. The molecule has 41 heavy (non-hydrogen) atoms. The van der Waals surface area contributed by atoms with Gasteiger partial charge < -0.3 is 19.3 Å². The zero-order valence-electron chi connectivity index (χ0n) is 23.5. The van der Waals surface area contributed by atoms with Gasteiger partial charge in [-0.25, -0.2) is 28.1 Å². The Kier molecular flexibility index (Phi) is 9.59. The molecule has 1 aromatic heterocycles. The molecule has 0 aliphatic rings. The van der Waals surface area contributed by atoms with Crippen LogP contribution in [0.3, 0.4) is 0 Å². The quantitative estimate of drug-likeness (QED) is 0.250. The first-order valence-corrected chi connectivity index (χ1v) is 13.4. The maximum atomic E-state index is 13.2. The van der Waals surface area contributed by atoms with Crippen molar-refractivity contribution in [1.82, 2.24) is 13.7 Å². The van der Waals surface area contributed by atoms with Crippen molar-refractivity contribution in [3.63, 3.8) is 0 Å². The highest BCUT2D eigenvalue weighted by Gasteiger charge is 2.38. The number of aromatic nitrogens is 3. The first-order chi connectivity index (χ1) is 19.9. The Morgan fingerprint density at radius 2 is 1.07 bits per heavy atom. The van der Waals surface area contributed by atoms with Crippen LogP contribution < -0.4 is 26.5 Å². The summed E-state index contributed by atoms with van der Waals surface area (Å²) in [5.74, 6) is 1.36. The summed E-state index contributed by atoms with van der Waals surface area (Å²) >= 11 is 0. The molecule has 0 radical (unpaired) electrons. The number of benzene rings is 3. The Morgan fingerprint density at radius 1 is 0.634 bits per heavy atom. The van der Waals surface area contributed by atoms with Gasteiger partial charge in [-0.15, -0.1) is 0 Å². The lowest BCUT2D eigenvalue weighted by Gasteiger charge is -2.36. The lowest BCUT2D eigenvalue weighted by atomic mass is 9.80. The molecule has 10 nitrogen and oxygen atoms in total. The molecule has 3 aromatic carbocycles. The second-order valence-electron chi connectivity index (χ2n) is 9.38. The number of hydrogen-bond donors (Lipinski definition) is 1. The molecule has 216 valence electrons. The molecule has 0 aliphatic heterocycles. The summed E-state index contributed by atoms with van der Waals surface area (Å²) in [4.78, 5) is 39.2. The fourth-order valence-electron chi connectivity index (χ4n) is 4.94. The fourth-order valence-corrected chi connectivity index (χ4v) is 4.94. The molecular formula is C31H35N3O7. The van der Waals surface area contributed by atoms with E-state index in [0.29, 0.717) is 17.9 Å². The Bertz CT molecular complexity index is 1510. The van der Waals surface area contributed by atoms with Crippen LogP contribution >= 0.6 is 0 Å².